The zero-order chi connectivity index (χ0) is 19.4. The van der Waals surface area contributed by atoms with Crippen LogP contribution in [0.3, 0.4) is 0 Å². The summed E-state index contributed by atoms with van der Waals surface area (Å²) in [6.07, 6.45) is -4.42. The van der Waals surface area contributed by atoms with Gasteiger partial charge in [0, 0.05) is 17.4 Å². The summed E-state index contributed by atoms with van der Waals surface area (Å²) in [5.41, 5.74) is 1.08. The number of para-hydroxylation sites is 1. The molecule has 0 aliphatic heterocycles. The van der Waals surface area contributed by atoms with Gasteiger partial charge in [-0.1, -0.05) is 18.2 Å². The highest BCUT2D eigenvalue weighted by Crippen LogP contribution is 2.31. The van der Waals surface area contributed by atoms with Crippen molar-refractivity contribution in [2.24, 2.45) is 0 Å². The van der Waals surface area contributed by atoms with Crippen molar-refractivity contribution in [1.82, 2.24) is 9.97 Å². The lowest BCUT2D eigenvalue weighted by Gasteiger charge is -2.12. The van der Waals surface area contributed by atoms with Gasteiger partial charge in [0.2, 0.25) is 5.95 Å². The van der Waals surface area contributed by atoms with Crippen molar-refractivity contribution in [3.63, 3.8) is 0 Å². The second-order valence-corrected chi connectivity index (χ2v) is 5.70. The summed E-state index contributed by atoms with van der Waals surface area (Å²) in [6, 6.07) is 15.4. The second kappa shape index (κ2) is 7.33. The second-order valence-electron chi connectivity index (χ2n) is 5.70. The average Bonchev–Trinajstić information content (AvgIpc) is 2.61. The summed E-state index contributed by atoms with van der Waals surface area (Å²) < 4.78 is 38.6. The Morgan fingerprint density at radius 1 is 0.963 bits per heavy atom. The van der Waals surface area contributed by atoms with E-state index in [0.717, 1.165) is 12.1 Å². The van der Waals surface area contributed by atoms with E-state index in [1.54, 1.807) is 37.3 Å². The number of aromatic nitrogens is 2. The summed E-state index contributed by atoms with van der Waals surface area (Å²) in [6.45, 7) is 1.74. The Bertz CT molecular complexity index is 1010. The van der Waals surface area contributed by atoms with Gasteiger partial charge in [-0.05, 0) is 37.3 Å². The molecule has 0 unspecified atom stereocenters. The predicted octanol–water partition coefficient (Wildman–Crippen LogP) is 5.16. The van der Waals surface area contributed by atoms with Crippen LogP contribution in [0.5, 0.6) is 0 Å². The predicted molar refractivity (Wildman–Crippen MR) is 95.9 cm³/mol. The summed E-state index contributed by atoms with van der Waals surface area (Å²) >= 11 is 0. The first kappa shape index (κ1) is 18.2. The quantitative estimate of drug-likeness (QED) is 0.664. The molecule has 0 saturated heterocycles. The highest BCUT2D eigenvalue weighted by molar-refractivity contribution is 5.65. The molecule has 0 radical (unpaired) electrons. The zero-order valence-corrected chi connectivity index (χ0v) is 14.2. The molecule has 5 nitrogen and oxygen atoms in total. The Hall–Kier alpha value is -3.60. The van der Waals surface area contributed by atoms with Crippen LogP contribution in [0.15, 0.2) is 54.6 Å². The fourth-order valence-corrected chi connectivity index (χ4v) is 2.42. The van der Waals surface area contributed by atoms with Gasteiger partial charge in [-0.15, -0.1) is 0 Å². The first-order valence-electron chi connectivity index (χ1n) is 7.91. The van der Waals surface area contributed by atoms with E-state index in [0.29, 0.717) is 22.8 Å². The van der Waals surface area contributed by atoms with Crippen molar-refractivity contribution in [2.75, 3.05) is 10.6 Å². The molecule has 0 fully saturated rings. The van der Waals surface area contributed by atoms with E-state index >= 15 is 0 Å². The molecule has 2 N–H and O–H groups in total. The molecule has 0 spiro atoms. The van der Waals surface area contributed by atoms with Gasteiger partial charge in [0.15, 0.2) is 0 Å². The standard InChI is InChI=1S/C19H14F3N5/c1-12-9-17(25-15-7-4-6-14(10-15)19(20,21)22)27-18(24-12)26-16-8-3-2-5-13(16)11-23/h2-10H,1H3,(H2,24,25,26,27). The van der Waals surface area contributed by atoms with E-state index in [1.807, 2.05) is 0 Å². The minimum Gasteiger partial charge on any atom is -0.340 e. The summed E-state index contributed by atoms with van der Waals surface area (Å²) in [4.78, 5) is 8.52. The number of nitriles is 1. The van der Waals surface area contributed by atoms with Gasteiger partial charge in [0.25, 0.3) is 0 Å². The third-order valence-corrected chi connectivity index (χ3v) is 3.61. The van der Waals surface area contributed by atoms with E-state index in [4.69, 9.17) is 5.26 Å². The fourth-order valence-electron chi connectivity index (χ4n) is 2.42. The van der Waals surface area contributed by atoms with Crippen molar-refractivity contribution in [3.8, 4) is 6.07 Å². The van der Waals surface area contributed by atoms with Crippen LogP contribution in [0.25, 0.3) is 0 Å². The first-order valence-corrected chi connectivity index (χ1v) is 7.91. The van der Waals surface area contributed by atoms with Crippen LogP contribution in [-0.4, -0.2) is 9.97 Å². The molecule has 0 amide bonds. The molecule has 8 heteroatoms. The van der Waals surface area contributed by atoms with Crippen LogP contribution in [-0.2, 0) is 6.18 Å². The van der Waals surface area contributed by atoms with Crippen molar-refractivity contribution in [1.29, 1.82) is 5.26 Å². The van der Waals surface area contributed by atoms with Crippen molar-refractivity contribution in [2.45, 2.75) is 13.1 Å². The molecular weight excluding hydrogens is 355 g/mol. The summed E-state index contributed by atoms with van der Waals surface area (Å²) in [5, 5.41) is 15.0. The Morgan fingerprint density at radius 2 is 1.74 bits per heavy atom. The third-order valence-electron chi connectivity index (χ3n) is 3.61. The largest absolute Gasteiger partial charge is 0.416 e. The van der Waals surface area contributed by atoms with E-state index in [9.17, 15) is 13.2 Å². The first-order chi connectivity index (χ1) is 12.8. The van der Waals surface area contributed by atoms with Gasteiger partial charge in [-0.2, -0.15) is 23.4 Å². The van der Waals surface area contributed by atoms with Crippen LogP contribution in [0.2, 0.25) is 0 Å². The lowest BCUT2D eigenvalue weighted by atomic mass is 10.2. The molecule has 0 bridgehead atoms. The Labute approximate surface area is 153 Å². The number of halogens is 3. The molecule has 0 aliphatic carbocycles. The molecule has 3 aromatic rings. The lowest BCUT2D eigenvalue weighted by Crippen LogP contribution is -2.06. The van der Waals surface area contributed by atoms with E-state index in [-0.39, 0.29) is 11.6 Å². The van der Waals surface area contributed by atoms with Crippen molar-refractivity contribution in [3.05, 3.63) is 71.4 Å². The van der Waals surface area contributed by atoms with E-state index in [1.165, 1.54) is 12.1 Å². The molecular formula is C19H14F3N5. The van der Waals surface area contributed by atoms with Crippen molar-refractivity contribution < 1.29 is 13.2 Å². The van der Waals surface area contributed by atoms with Gasteiger partial charge >= 0.3 is 6.18 Å². The van der Waals surface area contributed by atoms with Gasteiger partial charge in [-0.3, -0.25) is 0 Å². The van der Waals surface area contributed by atoms with Crippen LogP contribution in [0.1, 0.15) is 16.8 Å². The van der Waals surface area contributed by atoms with Crippen LogP contribution < -0.4 is 10.6 Å². The number of aryl methyl sites for hydroxylation is 1. The highest BCUT2D eigenvalue weighted by atomic mass is 19.4. The number of benzene rings is 2. The summed E-state index contributed by atoms with van der Waals surface area (Å²) in [7, 11) is 0. The number of anilines is 4. The van der Waals surface area contributed by atoms with Gasteiger partial charge in [-0.25, -0.2) is 4.98 Å². The molecule has 136 valence electrons. The molecule has 1 aromatic heterocycles. The number of nitrogens with zero attached hydrogens (tertiary/aromatic N) is 3. The fraction of sp³-hybridized carbons (Fsp3) is 0.105. The molecule has 0 atom stereocenters. The van der Waals surface area contributed by atoms with Crippen molar-refractivity contribution >= 4 is 23.1 Å². The molecule has 0 aliphatic rings. The maximum atomic E-state index is 12.9. The summed E-state index contributed by atoms with van der Waals surface area (Å²) in [5.74, 6) is 0.561. The van der Waals surface area contributed by atoms with Crippen LogP contribution in [0, 0.1) is 18.3 Å². The van der Waals surface area contributed by atoms with Gasteiger partial charge < -0.3 is 10.6 Å². The molecule has 2 aromatic carbocycles. The third kappa shape index (κ3) is 4.52. The lowest BCUT2D eigenvalue weighted by molar-refractivity contribution is -0.137. The van der Waals surface area contributed by atoms with E-state index < -0.39 is 11.7 Å². The maximum Gasteiger partial charge on any atom is 0.416 e. The monoisotopic (exact) mass is 369 g/mol. The molecule has 0 saturated carbocycles. The smallest absolute Gasteiger partial charge is 0.340 e. The van der Waals surface area contributed by atoms with Crippen LogP contribution in [0.4, 0.5) is 36.3 Å². The number of hydrogen-bond acceptors (Lipinski definition) is 5. The van der Waals surface area contributed by atoms with Gasteiger partial charge in [0.05, 0.1) is 16.8 Å². The Morgan fingerprint density at radius 3 is 2.48 bits per heavy atom. The minimum absolute atomic E-state index is 0.229. The number of rotatable bonds is 4. The SMILES string of the molecule is Cc1cc(Nc2cccc(C(F)(F)F)c2)nc(Nc2ccccc2C#N)n1. The number of nitrogens with one attached hydrogen (secondary N) is 2. The molecule has 1 heterocycles. The molecule has 27 heavy (non-hydrogen) atoms. The zero-order valence-electron chi connectivity index (χ0n) is 14.2. The van der Waals surface area contributed by atoms with Crippen LogP contribution >= 0.6 is 0 Å². The highest BCUT2D eigenvalue weighted by Gasteiger charge is 2.30. The van der Waals surface area contributed by atoms with Gasteiger partial charge in [0.1, 0.15) is 11.9 Å². The topological polar surface area (TPSA) is 73.6 Å². The average molecular weight is 369 g/mol. The number of hydrogen-bond donors (Lipinski definition) is 2. The Balaban J connectivity index is 1.87. The molecule has 3 rings (SSSR count). The maximum absolute atomic E-state index is 12.9. The normalized spacial score (nSPS) is 10.9. The number of alkyl halides is 3. The van der Waals surface area contributed by atoms with E-state index in [2.05, 4.69) is 26.7 Å². The minimum atomic E-state index is -4.42. The Kier molecular flexibility index (Phi) is 4.94.